The molecule has 0 aliphatic carbocycles. The Morgan fingerprint density at radius 2 is 0.495 bits per heavy atom. The Morgan fingerprint density at radius 1 is 0.290 bits per heavy atom. The predicted molar refractivity (Wildman–Crippen MR) is 377 cm³/mol. The van der Waals surface area contributed by atoms with Gasteiger partial charge in [-0.2, -0.15) is 0 Å². The Morgan fingerprint density at radius 3 is 0.731 bits per heavy atom. The van der Waals surface area contributed by atoms with Gasteiger partial charge in [0, 0.05) is 25.7 Å². The van der Waals surface area contributed by atoms with Crippen molar-refractivity contribution in [2.75, 3.05) is 39.6 Å². The maximum atomic E-state index is 13.1. The number of esters is 4. The van der Waals surface area contributed by atoms with Gasteiger partial charge in [-0.3, -0.25) is 37.3 Å². The number of phosphoric ester groups is 2. The van der Waals surface area contributed by atoms with Crippen LogP contribution in [0.25, 0.3) is 0 Å². The van der Waals surface area contributed by atoms with E-state index in [1.54, 1.807) is 0 Å². The molecule has 0 rings (SSSR count). The maximum Gasteiger partial charge on any atom is 0.472 e. The Labute approximate surface area is 568 Å². The zero-order valence-electron chi connectivity index (χ0n) is 60.4. The SMILES string of the molecule is CCCCCCCCCCCCCCCCCCCCCC(=O)O[C@H](COC(=O)CCCCCCCCCCCCCCCCCCC)COP(=O)(O)OC[C@@H](O)COP(=O)(O)OC[C@@H](COC(=O)CCCCCCCCC)OC(=O)CCCCCCCCCC(C)C. The molecule has 0 radical (unpaired) electrons. The van der Waals surface area contributed by atoms with Crippen LogP contribution in [0, 0.1) is 5.92 Å². The smallest absolute Gasteiger partial charge is 0.462 e. The Balaban J connectivity index is 5.17. The first kappa shape index (κ1) is 91.1. The molecule has 0 saturated heterocycles. The van der Waals surface area contributed by atoms with E-state index >= 15 is 0 Å². The van der Waals surface area contributed by atoms with Crippen molar-refractivity contribution in [2.24, 2.45) is 5.92 Å². The second kappa shape index (κ2) is 67.3. The Kier molecular flexibility index (Phi) is 65.9. The van der Waals surface area contributed by atoms with Gasteiger partial charge in [-0.25, -0.2) is 9.13 Å². The number of hydrogen-bond acceptors (Lipinski definition) is 15. The van der Waals surface area contributed by atoms with Crippen LogP contribution < -0.4 is 0 Å². The minimum Gasteiger partial charge on any atom is -0.462 e. The molecule has 93 heavy (non-hydrogen) atoms. The Hall–Kier alpha value is -1.94. The van der Waals surface area contributed by atoms with Gasteiger partial charge in [0.1, 0.15) is 19.3 Å². The van der Waals surface area contributed by atoms with Crippen LogP contribution in [0.3, 0.4) is 0 Å². The van der Waals surface area contributed by atoms with Crippen LogP contribution in [0.15, 0.2) is 0 Å². The number of unbranched alkanes of at least 4 members (excludes halogenated alkanes) is 46. The van der Waals surface area contributed by atoms with E-state index < -0.39 is 97.5 Å². The van der Waals surface area contributed by atoms with Crippen LogP contribution in [-0.4, -0.2) is 96.7 Å². The third-order valence-electron chi connectivity index (χ3n) is 17.3. The highest BCUT2D eigenvalue weighted by atomic mass is 31.2. The molecule has 5 atom stereocenters. The number of ether oxygens (including phenoxy) is 4. The standard InChI is InChI=1S/C74H144O17P2/c1-6-9-12-15-18-20-22-24-26-28-29-31-33-35-37-39-44-49-54-59-73(78)90-70(64-85-72(77)58-53-48-43-38-36-34-32-30-27-25-23-21-19-16-13-10-7-2)66-89-93(82,83)87-62-68(75)61-86-92(80,81)88-65-69(63-84-71(76)57-52-47-41-17-14-11-8-3)91-74(79)60-55-50-45-40-42-46-51-56-67(4)5/h67-70,75H,6-66H2,1-5H3,(H,80,81)(H,82,83)/t68-,69+,70+/m0/s1. The van der Waals surface area contributed by atoms with E-state index in [4.69, 9.17) is 37.0 Å². The van der Waals surface area contributed by atoms with Gasteiger partial charge in [-0.05, 0) is 31.6 Å². The lowest BCUT2D eigenvalue weighted by molar-refractivity contribution is -0.161. The van der Waals surface area contributed by atoms with Crippen molar-refractivity contribution >= 4 is 39.5 Å². The van der Waals surface area contributed by atoms with Crippen LogP contribution in [0.2, 0.25) is 0 Å². The molecule has 0 aliphatic heterocycles. The minimum atomic E-state index is -4.95. The molecule has 2 unspecified atom stereocenters. The van der Waals surface area contributed by atoms with Crippen molar-refractivity contribution in [3.8, 4) is 0 Å². The van der Waals surface area contributed by atoms with E-state index in [9.17, 15) is 43.2 Å². The molecule has 0 fully saturated rings. The normalized spacial score (nSPS) is 14.0. The number of carbonyl (C=O) groups excluding carboxylic acids is 4. The summed E-state index contributed by atoms with van der Waals surface area (Å²) in [4.78, 5) is 72.5. The van der Waals surface area contributed by atoms with Crippen LogP contribution in [0.1, 0.15) is 388 Å². The van der Waals surface area contributed by atoms with Crippen LogP contribution in [-0.2, 0) is 65.4 Å². The molecule has 0 aromatic rings. The van der Waals surface area contributed by atoms with Crippen molar-refractivity contribution in [2.45, 2.75) is 406 Å². The quantitative estimate of drug-likeness (QED) is 0.0222. The highest BCUT2D eigenvalue weighted by Gasteiger charge is 2.30. The highest BCUT2D eigenvalue weighted by Crippen LogP contribution is 2.45. The van der Waals surface area contributed by atoms with Crippen LogP contribution >= 0.6 is 15.6 Å². The molecular weight excluding hydrogens is 1220 g/mol. The molecular formula is C74H144O17P2. The lowest BCUT2D eigenvalue weighted by atomic mass is 10.0. The van der Waals surface area contributed by atoms with Crippen molar-refractivity contribution in [1.82, 2.24) is 0 Å². The fourth-order valence-corrected chi connectivity index (χ4v) is 12.9. The van der Waals surface area contributed by atoms with Gasteiger partial charge >= 0.3 is 39.5 Å². The number of phosphoric acid groups is 2. The summed E-state index contributed by atoms with van der Waals surface area (Å²) in [6.45, 7) is 7.17. The summed E-state index contributed by atoms with van der Waals surface area (Å²) in [6.07, 6.45) is 55.9. The second-order valence-corrected chi connectivity index (χ2v) is 30.1. The summed E-state index contributed by atoms with van der Waals surface area (Å²) in [5.41, 5.74) is 0. The van der Waals surface area contributed by atoms with E-state index in [0.29, 0.717) is 31.6 Å². The van der Waals surface area contributed by atoms with Gasteiger partial charge in [0.15, 0.2) is 12.2 Å². The van der Waals surface area contributed by atoms with Gasteiger partial charge in [-0.15, -0.1) is 0 Å². The highest BCUT2D eigenvalue weighted by molar-refractivity contribution is 7.47. The summed E-state index contributed by atoms with van der Waals surface area (Å²) in [5, 5.41) is 10.6. The molecule has 0 aliphatic rings. The molecule has 0 spiro atoms. The molecule has 0 saturated carbocycles. The number of aliphatic hydroxyl groups is 1. The molecule has 3 N–H and O–H groups in total. The summed E-state index contributed by atoms with van der Waals surface area (Å²) in [6, 6.07) is 0. The average Bonchev–Trinajstić information content (AvgIpc) is 2.33. The van der Waals surface area contributed by atoms with E-state index in [-0.39, 0.29) is 25.7 Å². The number of hydrogen-bond donors (Lipinski definition) is 3. The summed E-state index contributed by atoms with van der Waals surface area (Å²) in [5.74, 6) is -1.43. The van der Waals surface area contributed by atoms with E-state index in [1.165, 1.54) is 199 Å². The zero-order valence-corrected chi connectivity index (χ0v) is 62.2. The van der Waals surface area contributed by atoms with Crippen molar-refractivity contribution < 1.29 is 80.2 Å². The van der Waals surface area contributed by atoms with Gasteiger partial charge in [0.2, 0.25) is 0 Å². The largest absolute Gasteiger partial charge is 0.472 e. The van der Waals surface area contributed by atoms with Gasteiger partial charge in [0.25, 0.3) is 0 Å². The van der Waals surface area contributed by atoms with Gasteiger partial charge in [-0.1, -0.05) is 336 Å². The van der Waals surface area contributed by atoms with Gasteiger partial charge in [0.05, 0.1) is 26.4 Å². The monoisotopic (exact) mass is 1370 g/mol. The van der Waals surface area contributed by atoms with Crippen LogP contribution in [0.4, 0.5) is 0 Å². The summed E-state index contributed by atoms with van der Waals surface area (Å²) in [7, 11) is -9.90. The fourth-order valence-electron chi connectivity index (χ4n) is 11.4. The van der Waals surface area contributed by atoms with Crippen molar-refractivity contribution in [3.63, 3.8) is 0 Å². The van der Waals surface area contributed by atoms with E-state index in [2.05, 4.69) is 34.6 Å². The third kappa shape index (κ3) is 68.4. The topological polar surface area (TPSA) is 237 Å². The van der Waals surface area contributed by atoms with E-state index in [0.717, 1.165) is 103 Å². The first-order valence-electron chi connectivity index (χ1n) is 38.6. The average molecular weight is 1370 g/mol. The zero-order chi connectivity index (χ0) is 68.4. The molecule has 0 aromatic heterocycles. The number of aliphatic hydroxyl groups excluding tert-OH is 1. The third-order valence-corrected chi connectivity index (χ3v) is 19.2. The molecule has 552 valence electrons. The molecule has 0 heterocycles. The number of rotatable bonds is 74. The molecule has 0 bridgehead atoms. The maximum absolute atomic E-state index is 13.1. The Bertz CT molecular complexity index is 1790. The lowest BCUT2D eigenvalue weighted by Crippen LogP contribution is -2.30. The second-order valence-electron chi connectivity index (χ2n) is 27.2. The van der Waals surface area contributed by atoms with Crippen LogP contribution in [0.5, 0.6) is 0 Å². The van der Waals surface area contributed by atoms with E-state index in [1.807, 2.05) is 0 Å². The first-order valence-corrected chi connectivity index (χ1v) is 41.6. The summed E-state index contributed by atoms with van der Waals surface area (Å²) >= 11 is 0. The van der Waals surface area contributed by atoms with Crippen molar-refractivity contribution in [1.29, 1.82) is 0 Å². The molecule has 0 aromatic carbocycles. The predicted octanol–water partition coefficient (Wildman–Crippen LogP) is 21.7. The van der Waals surface area contributed by atoms with Crippen molar-refractivity contribution in [3.05, 3.63) is 0 Å². The lowest BCUT2D eigenvalue weighted by Gasteiger charge is -2.21. The minimum absolute atomic E-state index is 0.103. The first-order chi connectivity index (χ1) is 45.0. The molecule has 17 nitrogen and oxygen atoms in total. The fraction of sp³-hybridized carbons (Fsp3) is 0.946. The molecule has 19 heteroatoms. The number of carbonyl (C=O) groups is 4. The molecule has 0 amide bonds. The van der Waals surface area contributed by atoms with Gasteiger partial charge < -0.3 is 33.8 Å². The summed E-state index contributed by atoms with van der Waals surface area (Å²) < 4.78 is 68.3.